The molecule has 0 aromatic heterocycles. The summed E-state index contributed by atoms with van der Waals surface area (Å²) >= 11 is 0. The highest BCUT2D eigenvalue weighted by atomic mass is 15.2. The van der Waals surface area contributed by atoms with Crippen LogP contribution in [-0.4, -0.2) is 50.6 Å². The van der Waals surface area contributed by atoms with Crippen molar-refractivity contribution in [3.05, 3.63) is 11.6 Å². The zero-order valence-corrected chi connectivity index (χ0v) is 14.5. The standard InChI is InChI=1S/C18H34N4/c1-3-19-18(20-12-11-16-8-5-4-6-9-16)21-14-17-10-7-13-22(2)15-17/h8,17H,3-7,9-15H2,1-2H3,(H2,19,20,21). The van der Waals surface area contributed by atoms with E-state index >= 15 is 0 Å². The normalized spacial score (nSPS) is 24.0. The van der Waals surface area contributed by atoms with Crippen LogP contribution in [0.15, 0.2) is 16.6 Å². The molecule has 126 valence electrons. The van der Waals surface area contributed by atoms with Crippen molar-refractivity contribution in [2.75, 3.05) is 39.8 Å². The van der Waals surface area contributed by atoms with Gasteiger partial charge in [-0.05, 0) is 71.4 Å². The van der Waals surface area contributed by atoms with E-state index in [-0.39, 0.29) is 0 Å². The zero-order valence-electron chi connectivity index (χ0n) is 14.5. The van der Waals surface area contributed by atoms with Crippen LogP contribution in [0.25, 0.3) is 0 Å². The number of nitrogens with zero attached hydrogens (tertiary/aromatic N) is 2. The lowest BCUT2D eigenvalue weighted by Crippen LogP contribution is -2.39. The quantitative estimate of drug-likeness (QED) is 0.450. The maximum Gasteiger partial charge on any atom is 0.191 e. The number of aliphatic imine (C=N–C) groups is 1. The maximum atomic E-state index is 4.80. The maximum absolute atomic E-state index is 4.80. The van der Waals surface area contributed by atoms with Crippen molar-refractivity contribution in [3.63, 3.8) is 0 Å². The lowest BCUT2D eigenvalue weighted by molar-refractivity contribution is 0.214. The number of piperidine rings is 1. The van der Waals surface area contributed by atoms with Gasteiger partial charge in [0, 0.05) is 26.2 Å². The fourth-order valence-corrected chi connectivity index (χ4v) is 3.46. The number of nitrogens with one attached hydrogen (secondary N) is 2. The van der Waals surface area contributed by atoms with Crippen LogP contribution in [0.3, 0.4) is 0 Å². The molecule has 0 aromatic carbocycles. The SMILES string of the molecule is CCNC(=NCC1CCCN(C)C1)NCCC1=CCCCC1. The number of hydrogen-bond donors (Lipinski definition) is 2. The van der Waals surface area contributed by atoms with Crippen LogP contribution < -0.4 is 10.6 Å². The molecular weight excluding hydrogens is 272 g/mol. The summed E-state index contributed by atoms with van der Waals surface area (Å²) in [5.41, 5.74) is 1.63. The number of guanidine groups is 1. The second kappa shape index (κ2) is 9.88. The molecule has 2 aliphatic rings. The van der Waals surface area contributed by atoms with Gasteiger partial charge in [-0.25, -0.2) is 0 Å². The van der Waals surface area contributed by atoms with Crippen LogP contribution in [0, 0.1) is 5.92 Å². The van der Waals surface area contributed by atoms with E-state index in [2.05, 4.69) is 35.6 Å². The lowest BCUT2D eigenvalue weighted by Gasteiger charge is -2.28. The van der Waals surface area contributed by atoms with Crippen molar-refractivity contribution in [2.45, 2.75) is 51.9 Å². The largest absolute Gasteiger partial charge is 0.357 e. The van der Waals surface area contributed by atoms with Gasteiger partial charge in [-0.15, -0.1) is 0 Å². The highest BCUT2D eigenvalue weighted by Crippen LogP contribution is 2.19. The Morgan fingerprint density at radius 1 is 1.32 bits per heavy atom. The highest BCUT2D eigenvalue weighted by Gasteiger charge is 2.16. The van der Waals surface area contributed by atoms with E-state index in [1.807, 2.05) is 0 Å². The van der Waals surface area contributed by atoms with Crippen LogP contribution >= 0.6 is 0 Å². The molecule has 0 saturated carbocycles. The van der Waals surface area contributed by atoms with Gasteiger partial charge in [0.1, 0.15) is 0 Å². The summed E-state index contributed by atoms with van der Waals surface area (Å²) in [4.78, 5) is 7.23. The second-order valence-corrected chi connectivity index (χ2v) is 6.78. The van der Waals surface area contributed by atoms with Crippen molar-refractivity contribution in [1.29, 1.82) is 0 Å². The molecule has 0 spiro atoms. The van der Waals surface area contributed by atoms with Crippen LogP contribution in [0.4, 0.5) is 0 Å². The Bertz CT molecular complexity index is 375. The van der Waals surface area contributed by atoms with Gasteiger partial charge >= 0.3 is 0 Å². The minimum atomic E-state index is 0.718. The van der Waals surface area contributed by atoms with Crippen LogP contribution in [0.1, 0.15) is 51.9 Å². The number of allylic oxidation sites excluding steroid dienone is 1. The van der Waals surface area contributed by atoms with E-state index < -0.39 is 0 Å². The third kappa shape index (κ3) is 6.39. The van der Waals surface area contributed by atoms with Gasteiger partial charge in [-0.3, -0.25) is 4.99 Å². The lowest BCUT2D eigenvalue weighted by atomic mass is 9.97. The molecule has 0 amide bonds. The summed E-state index contributed by atoms with van der Waals surface area (Å²) < 4.78 is 0. The molecule has 1 unspecified atom stereocenters. The minimum Gasteiger partial charge on any atom is -0.357 e. The Balaban J connectivity index is 1.73. The second-order valence-electron chi connectivity index (χ2n) is 6.78. The molecule has 0 bridgehead atoms. The minimum absolute atomic E-state index is 0.718. The summed E-state index contributed by atoms with van der Waals surface area (Å²) in [6.45, 7) is 7.45. The molecule has 4 heteroatoms. The summed E-state index contributed by atoms with van der Waals surface area (Å²) in [5, 5.41) is 6.88. The third-order valence-corrected chi connectivity index (χ3v) is 4.70. The van der Waals surface area contributed by atoms with Crippen molar-refractivity contribution in [1.82, 2.24) is 15.5 Å². The van der Waals surface area contributed by atoms with E-state index in [1.54, 1.807) is 5.57 Å². The van der Waals surface area contributed by atoms with Gasteiger partial charge in [-0.1, -0.05) is 11.6 Å². The monoisotopic (exact) mass is 306 g/mol. The highest BCUT2D eigenvalue weighted by molar-refractivity contribution is 5.79. The summed E-state index contributed by atoms with van der Waals surface area (Å²) in [5.74, 6) is 1.71. The van der Waals surface area contributed by atoms with Crippen molar-refractivity contribution in [2.24, 2.45) is 10.9 Å². The first-order valence-electron chi connectivity index (χ1n) is 9.16. The number of rotatable bonds is 6. The van der Waals surface area contributed by atoms with E-state index in [0.717, 1.165) is 37.9 Å². The Kier molecular flexibility index (Phi) is 7.78. The van der Waals surface area contributed by atoms with Gasteiger partial charge in [0.25, 0.3) is 0 Å². The first kappa shape index (κ1) is 17.3. The molecule has 1 aliphatic carbocycles. The summed E-state index contributed by atoms with van der Waals surface area (Å²) in [7, 11) is 2.22. The molecule has 2 N–H and O–H groups in total. The fraction of sp³-hybridized carbons (Fsp3) is 0.833. The average molecular weight is 306 g/mol. The van der Waals surface area contributed by atoms with E-state index in [9.17, 15) is 0 Å². The molecule has 1 fully saturated rings. The first-order valence-corrected chi connectivity index (χ1v) is 9.16. The van der Waals surface area contributed by atoms with Gasteiger partial charge in [-0.2, -0.15) is 0 Å². The molecular formula is C18H34N4. The van der Waals surface area contributed by atoms with Crippen LogP contribution in [0.2, 0.25) is 0 Å². The number of hydrogen-bond acceptors (Lipinski definition) is 2. The summed E-state index contributed by atoms with van der Waals surface area (Å²) in [6, 6.07) is 0. The van der Waals surface area contributed by atoms with Crippen molar-refractivity contribution >= 4 is 5.96 Å². The van der Waals surface area contributed by atoms with E-state index in [0.29, 0.717) is 0 Å². The van der Waals surface area contributed by atoms with E-state index in [4.69, 9.17) is 4.99 Å². The topological polar surface area (TPSA) is 39.7 Å². The van der Waals surface area contributed by atoms with Gasteiger partial charge < -0.3 is 15.5 Å². The fourth-order valence-electron chi connectivity index (χ4n) is 3.46. The zero-order chi connectivity index (χ0) is 15.6. The van der Waals surface area contributed by atoms with Gasteiger partial charge in [0.05, 0.1) is 0 Å². The molecule has 2 rings (SSSR count). The Hall–Kier alpha value is -1.03. The van der Waals surface area contributed by atoms with Crippen molar-refractivity contribution < 1.29 is 0 Å². The summed E-state index contributed by atoms with van der Waals surface area (Å²) in [6.07, 6.45) is 11.5. The van der Waals surface area contributed by atoms with Crippen LogP contribution in [-0.2, 0) is 0 Å². The van der Waals surface area contributed by atoms with Gasteiger partial charge in [0.15, 0.2) is 5.96 Å². The predicted molar refractivity (Wildman–Crippen MR) is 95.4 cm³/mol. The third-order valence-electron chi connectivity index (χ3n) is 4.70. The van der Waals surface area contributed by atoms with E-state index in [1.165, 1.54) is 51.6 Å². The molecule has 4 nitrogen and oxygen atoms in total. The average Bonchev–Trinajstić information content (AvgIpc) is 2.54. The molecule has 22 heavy (non-hydrogen) atoms. The molecule has 1 saturated heterocycles. The molecule has 1 aliphatic heterocycles. The number of likely N-dealkylation sites (tertiary alicyclic amines) is 1. The van der Waals surface area contributed by atoms with Gasteiger partial charge in [0.2, 0.25) is 0 Å². The first-order chi connectivity index (χ1) is 10.8. The van der Waals surface area contributed by atoms with Crippen molar-refractivity contribution in [3.8, 4) is 0 Å². The molecule has 0 aromatic rings. The molecule has 0 radical (unpaired) electrons. The Morgan fingerprint density at radius 2 is 2.23 bits per heavy atom. The smallest absolute Gasteiger partial charge is 0.191 e. The molecule has 1 atom stereocenters. The Labute approximate surface area is 136 Å². The Morgan fingerprint density at radius 3 is 2.95 bits per heavy atom. The predicted octanol–water partition coefficient (Wildman–Crippen LogP) is 2.77. The van der Waals surface area contributed by atoms with Crippen LogP contribution in [0.5, 0.6) is 0 Å². The molecule has 1 heterocycles.